The van der Waals surface area contributed by atoms with E-state index in [1.165, 1.54) is 36.0 Å². The first-order chi connectivity index (χ1) is 14.5. The van der Waals surface area contributed by atoms with Gasteiger partial charge in [0.1, 0.15) is 0 Å². The topological polar surface area (TPSA) is 90.9 Å². The summed E-state index contributed by atoms with van der Waals surface area (Å²) in [6, 6.07) is 16.8. The highest BCUT2D eigenvalue weighted by atomic mass is 35.5. The average molecular weight is 457 g/mol. The van der Waals surface area contributed by atoms with E-state index in [2.05, 4.69) is 10.2 Å². The summed E-state index contributed by atoms with van der Waals surface area (Å²) < 4.78 is 1.88. The van der Waals surface area contributed by atoms with Crippen LogP contribution in [0.15, 0.2) is 71.2 Å². The zero-order valence-electron chi connectivity index (χ0n) is 15.3. The first-order valence-electron chi connectivity index (χ1n) is 8.68. The number of Topliss-reactive ketones (excluding diaryl/α,β-unsaturated/α-hetero) is 1. The molecule has 0 spiro atoms. The van der Waals surface area contributed by atoms with E-state index in [1.807, 2.05) is 34.2 Å². The number of non-ortho nitro benzene ring substituents is 1. The summed E-state index contributed by atoms with van der Waals surface area (Å²) in [6.45, 7) is 0. The molecule has 0 saturated carbocycles. The second-order valence-corrected chi connectivity index (χ2v) is 8.44. The van der Waals surface area contributed by atoms with Crippen molar-refractivity contribution in [3.05, 3.63) is 86.7 Å². The van der Waals surface area contributed by atoms with Gasteiger partial charge < -0.3 is 0 Å². The number of nitro benzene ring substituents is 1. The predicted molar refractivity (Wildman–Crippen MR) is 118 cm³/mol. The number of rotatable bonds is 7. The lowest BCUT2D eigenvalue weighted by molar-refractivity contribution is -0.384. The van der Waals surface area contributed by atoms with Gasteiger partial charge in [0.2, 0.25) is 0 Å². The van der Waals surface area contributed by atoms with Crippen molar-refractivity contribution in [2.24, 2.45) is 0 Å². The molecule has 0 aliphatic heterocycles. The molecule has 0 unspecified atom stereocenters. The number of ketones is 1. The van der Waals surface area contributed by atoms with Crippen molar-refractivity contribution in [1.82, 2.24) is 14.8 Å². The Morgan fingerprint density at radius 1 is 1.10 bits per heavy atom. The van der Waals surface area contributed by atoms with E-state index in [1.54, 1.807) is 23.5 Å². The van der Waals surface area contributed by atoms with E-state index in [0.29, 0.717) is 21.6 Å². The van der Waals surface area contributed by atoms with Gasteiger partial charge in [-0.2, -0.15) is 0 Å². The molecular formula is C20H13ClN4O3S2. The van der Waals surface area contributed by atoms with Crippen LogP contribution in [0, 0.1) is 10.1 Å². The summed E-state index contributed by atoms with van der Waals surface area (Å²) in [4.78, 5) is 23.8. The van der Waals surface area contributed by atoms with Crippen LogP contribution < -0.4 is 0 Å². The van der Waals surface area contributed by atoms with Crippen molar-refractivity contribution in [3.63, 3.8) is 0 Å². The molecule has 0 aliphatic carbocycles. The van der Waals surface area contributed by atoms with Gasteiger partial charge in [-0.3, -0.25) is 19.5 Å². The van der Waals surface area contributed by atoms with Gasteiger partial charge >= 0.3 is 0 Å². The number of carbonyl (C=O) groups excluding carboxylic acids is 1. The average Bonchev–Trinajstić information content (AvgIpc) is 3.42. The number of thioether (sulfide) groups is 1. The number of nitrogens with zero attached hydrogens (tertiary/aromatic N) is 4. The van der Waals surface area contributed by atoms with E-state index >= 15 is 0 Å². The summed E-state index contributed by atoms with van der Waals surface area (Å²) in [6.07, 6.45) is 0. The fourth-order valence-electron chi connectivity index (χ4n) is 2.73. The third kappa shape index (κ3) is 4.28. The summed E-state index contributed by atoms with van der Waals surface area (Å²) in [5, 5.41) is 22.5. The molecule has 0 atom stereocenters. The Kier molecular flexibility index (Phi) is 5.93. The molecule has 2 aromatic carbocycles. The van der Waals surface area contributed by atoms with Crippen LogP contribution in [-0.4, -0.2) is 31.2 Å². The van der Waals surface area contributed by atoms with E-state index in [-0.39, 0.29) is 17.2 Å². The predicted octanol–water partition coefficient (Wildman–Crippen LogP) is 5.53. The van der Waals surface area contributed by atoms with Crippen molar-refractivity contribution < 1.29 is 9.72 Å². The molecule has 150 valence electrons. The van der Waals surface area contributed by atoms with Crippen LogP contribution in [0.2, 0.25) is 5.02 Å². The first-order valence-corrected chi connectivity index (χ1v) is 10.9. The van der Waals surface area contributed by atoms with Crippen molar-refractivity contribution in [2.75, 3.05) is 5.75 Å². The summed E-state index contributed by atoms with van der Waals surface area (Å²) >= 11 is 8.82. The van der Waals surface area contributed by atoms with Crippen LogP contribution >= 0.6 is 34.7 Å². The standard InChI is InChI=1S/C20H13ClN4O3S2/c21-14-5-9-15(10-6-14)24-19(18-2-1-11-29-18)22-23-20(24)30-12-17(26)13-3-7-16(8-4-13)25(27)28/h1-11H,12H2. The van der Waals surface area contributed by atoms with Crippen LogP contribution in [0.3, 0.4) is 0 Å². The summed E-state index contributed by atoms with van der Waals surface area (Å²) in [7, 11) is 0. The molecule has 0 aliphatic rings. The summed E-state index contributed by atoms with van der Waals surface area (Å²) in [5.41, 5.74) is 1.18. The van der Waals surface area contributed by atoms with Crippen LogP contribution in [0.25, 0.3) is 16.4 Å². The van der Waals surface area contributed by atoms with E-state index in [4.69, 9.17) is 11.6 Å². The maximum Gasteiger partial charge on any atom is 0.269 e. The number of hydrogen-bond donors (Lipinski definition) is 0. The number of benzene rings is 2. The second-order valence-electron chi connectivity index (χ2n) is 6.11. The van der Waals surface area contributed by atoms with Gasteiger partial charge in [-0.1, -0.05) is 29.4 Å². The number of nitro groups is 1. The second kappa shape index (κ2) is 8.78. The molecule has 2 aromatic heterocycles. The van der Waals surface area contributed by atoms with Crippen molar-refractivity contribution in [3.8, 4) is 16.4 Å². The van der Waals surface area contributed by atoms with Crippen LogP contribution in [0.4, 0.5) is 5.69 Å². The third-order valence-corrected chi connectivity index (χ3v) is 6.24. The van der Waals surface area contributed by atoms with E-state index in [9.17, 15) is 14.9 Å². The van der Waals surface area contributed by atoms with Gasteiger partial charge in [-0.25, -0.2) is 0 Å². The lowest BCUT2D eigenvalue weighted by Crippen LogP contribution is -2.05. The van der Waals surface area contributed by atoms with Crippen molar-refractivity contribution in [1.29, 1.82) is 0 Å². The highest BCUT2D eigenvalue weighted by Crippen LogP contribution is 2.31. The minimum atomic E-state index is -0.496. The number of halogens is 1. The first kappa shape index (κ1) is 20.3. The maximum atomic E-state index is 12.6. The van der Waals surface area contributed by atoms with Gasteiger partial charge in [-0.15, -0.1) is 21.5 Å². The molecule has 4 aromatic rings. The highest BCUT2D eigenvalue weighted by molar-refractivity contribution is 7.99. The fraction of sp³-hybridized carbons (Fsp3) is 0.0500. The largest absolute Gasteiger partial charge is 0.293 e. The van der Waals surface area contributed by atoms with Crippen molar-refractivity contribution >= 4 is 46.2 Å². The molecule has 10 heteroatoms. The number of thiophene rings is 1. The van der Waals surface area contributed by atoms with Crippen LogP contribution in [0.5, 0.6) is 0 Å². The maximum absolute atomic E-state index is 12.6. The molecule has 0 saturated heterocycles. The quantitative estimate of drug-likeness (QED) is 0.157. The molecular weight excluding hydrogens is 444 g/mol. The van der Waals surface area contributed by atoms with Crippen LogP contribution in [0.1, 0.15) is 10.4 Å². The Morgan fingerprint density at radius 2 is 1.83 bits per heavy atom. The number of hydrogen-bond acceptors (Lipinski definition) is 7. The lowest BCUT2D eigenvalue weighted by atomic mass is 10.1. The highest BCUT2D eigenvalue weighted by Gasteiger charge is 2.18. The molecule has 0 bridgehead atoms. The molecule has 2 heterocycles. The number of aromatic nitrogens is 3. The molecule has 0 amide bonds. The fourth-order valence-corrected chi connectivity index (χ4v) is 4.40. The molecule has 30 heavy (non-hydrogen) atoms. The minimum absolute atomic E-state index is 0.0534. The molecule has 0 fully saturated rings. The zero-order valence-corrected chi connectivity index (χ0v) is 17.7. The Labute approximate surface area is 184 Å². The van der Waals surface area contributed by atoms with E-state index < -0.39 is 4.92 Å². The Hall–Kier alpha value is -3.01. The lowest BCUT2D eigenvalue weighted by Gasteiger charge is -2.09. The third-order valence-electron chi connectivity index (χ3n) is 4.19. The molecule has 0 radical (unpaired) electrons. The van der Waals surface area contributed by atoms with Gasteiger partial charge in [-0.05, 0) is 47.8 Å². The van der Waals surface area contributed by atoms with Crippen LogP contribution in [-0.2, 0) is 0 Å². The van der Waals surface area contributed by atoms with Gasteiger partial charge in [0.15, 0.2) is 16.8 Å². The normalized spacial score (nSPS) is 10.8. The Bertz CT molecular complexity index is 1190. The Morgan fingerprint density at radius 3 is 2.47 bits per heavy atom. The van der Waals surface area contributed by atoms with Gasteiger partial charge in [0, 0.05) is 28.4 Å². The van der Waals surface area contributed by atoms with Gasteiger partial charge in [0.25, 0.3) is 5.69 Å². The van der Waals surface area contributed by atoms with Gasteiger partial charge in [0.05, 0.1) is 15.6 Å². The van der Waals surface area contributed by atoms with E-state index in [0.717, 1.165) is 10.6 Å². The SMILES string of the molecule is O=C(CSc1nnc(-c2cccs2)n1-c1ccc(Cl)cc1)c1ccc([N+](=O)[O-])cc1. The molecule has 7 nitrogen and oxygen atoms in total. The molecule has 4 rings (SSSR count). The minimum Gasteiger partial charge on any atom is -0.293 e. The Balaban J connectivity index is 1.60. The number of carbonyl (C=O) groups is 1. The monoisotopic (exact) mass is 456 g/mol. The zero-order chi connectivity index (χ0) is 21.1. The summed E-state index contributed by atoms with van der Waals surface area (Å²) in [5.74, 6) is 0.643. The smallest absolute Gasteiger partial charge is 0.269 e. The van der Waals surface area contributed by atoms with Crippen molar-refractivity contribution in [2.45, 2.75) is 5.16 Å². The molecule has 0 N–H and O–H groups in total.